The lowest BCUT2D eigenvalue weighted by atomic mass is 10.1. The molecular formula is C24H20BrClN2O3. The van der Waals surface area contributed by atoms with E-state index < -0.39 is 11.8 Å². The highest BCUT2D eigenvalue weighted by atomic mass is 79.9. The number of carbonyl (C=O) groups is 2. The summed E-state index contributed by atoms with van der Waals surface area (Å²) in [5.41, 5.74) is 1.68. The van der Waals surface area contributed by atoms with Crippen LogP contribution in [0, 0.1) is 0 Å². The Morgan fingerprint density at radius 2 is 1.68 bits per heavy atom. The van der Waals surface area contributed by atoms with Gasteiger partial charge in [-0.2, -0.15) is 0 Å². The zero-order valence-electron chi connectivity index (χ0n) is 16.7. The van der Waals surface area contributed by atoms with Crippen molar-refractivity contribution in [3.8, 4) is 5.75 Å². The lowest BCUT2D eigenvalue weighted by Gasteiger charge is -2.12. The Morgan fingerprint density at radius 3 is 2.32 bits per heavy atom. The lowest BCUT2D eigenvalue weighted by Crippen LogP contribution is -2.30. The minimum absolute atomic E-state index is 0.0844. The molecule has 0 unspecified atom stereocenters. The van der Waals surface area contributed by atoms with E-state index in [9.17, 15) is 9.59 Å². The van der Waals surface area contributed by atoms with Gasteiger partial charge in [0.2, 0.25) is 0 Å². The number of benzene rings is 3. The molecule has 0 saturated heterocycles. The van der Waals surface area contributed by atoms with Gasteiger partial charge in [-0.1, -0.05) is 51.8 Å². The number of ether oxygens (including phenoxy) is 1. The predicted molar refractivity (Wildman–Crippen MR) is 127 cm³/mol. The van der Waals surface area contributed by atoms with Crippen LogP contribution in [-0.2, 0) is 4.79 Å². The van der Waals surface area contributed by atoms with Crippen LogP contribution in [0.2, 0.25) is 5.02 Å². The van der Waals surface area contributed by atoms with E-state index in [1.165, 1.54) is 0 Å². The van der Waals surface area contributed by atoms with Crippen LogP contribution in [0.1, 0.15) is 22.8 Å². The van der Waals surface area contributed by atoms with Crippen LogP contribution in [0.25, 0.3) is 6.08 Å². The SMILES string of the molecule is CCOc1ccc(NC(=O)C(=Cc2ccc(Br)cc2)NC(=O)c2ccccc2Cl)cc1. The third kappa shape index (κ3) is 6.44. The Hall–Kier alpha value is -3.09. The molecule has 0 saturated carbocycles. The quantitative estimate of drug-likeness (QED) is 0.397. The molecule has 0 atom stereocenters. The zero-order valence-corrected chi connectivity index (χ0v) is 19.0. The van der Waals surface area contributed by atoms with Crippen molar-refractivity contribution in [3.05, 3.63) is 99.1 Å². The number of carbonyl (C=O) groups excluding carboxylic acids is 2. The molecule has 7 heteroatoms. The number of hydrogen-bond acceptors (Lipinski definition) is 3. The molecule has 0 aliphatic rings. The first-order valence-corrected chi connectivity index (χ1v) is 10.7. The van der Waals surface area contributed by atoms with Gasteiger partial charge in [0.15, 0.2) is 0 Å². The molecule has 0 aliphatic carbocycles. The van der Waals surface area contributed by atoms with Crippen molar-refractivity contribution in [3.63, 3.8) is 0 Å². The topological polar surface area (TPSA) is 67.4 Å². The van der Waals surface area contributed by atoms with Gasteiger partial charge in [0.25, 0.3) is 11.8 Å². The van der Waals surface area contributed by atoms with E-state index in [0.29, 0.717) is 23.1 Å². The number of hydrogen-bond donors (Lipinski definition) is 2. The van der Waals surface area contributed by atoms with Gasteiger partial charge >= 0.3 is 0 Å². The van der Waals surface area contributed by atoms with Gasteiger partial charge in [-0.25, -0.2) is 0 Å². The molecule has 2 amide bonds. The average molecular weight is 500 g/mol. The first-order valence-electron chi connectivity index (χ1n) is 9.53. The minimum Gasteiger partial charge on any atom is -0.494 e. The Morgan fingerprint density at radius 1 is 1.00 bits per heavy atom. The summed E-state index contributed by atoms with van der Waals surface area (Å²) < 4.78 is 6.32. The highest BCUT2D eigenvalue weighted by Gasteiger charge is 2.17. The van der Waals surface area contributed by atoms with E-state index in [0.717, 1.165) is 10.0 Å². The van der Waals surface area contributed by atoms with Gasteiger partial charge < -0.3 is 15.4 Å². The van der Waals surface area contributed by atoms with Gasteiger partial charge in [-0.3, -0.25) is 9.59 Å². The minimum atomic E-state index is -0.476. The molecule has 31 heavy (non-hydrogen) atoms. The second-order valence-electron chi connectivity index (χ2n) is 6.46. The summed E-state index contributed by atoms with van der Waals surface area (Å²) in [6, 6.07) is 21.0. The first kappa shape index (κ1) is 22.6. The van der Waals surface area contributed by atoms with Crippen molar-refractivity contribution >= 4 is 51.1 Å². The highest BCUT2D eigenvalue weighted by Crippen LogP contribution is 2.19. The molecule has 5 nitrogen and oxygen atoms in total. The number of halogens is 2. The first-order chi connectivity index (χ1) is 15.0. The Labute approximate surface area is 194 Å². The van der Waals surface area contributed by atoms with Gasteiger partial charge in [-0.15, -0.1) is 0 Å². The smallest absolute Gasteiger partial charge is 0.272 e. The van der Waals surface area contributed by atoms with E-state index in [1.807, 2.05) is 31.2 Å². The number of rotatable bonds is 7. The second-order valence-corrected chi connectivity index (χ2v) is 7.78. The second kappa shape index (κ2) is 10.8. The van der Waals surface area contributed by atoms with Crippen molar-refractivity contribution in [2.75, 3.05) is 11.9 Å². The van der Waals surface area contributed by atoms with Crippen LogP contribution >= 0.6 is 27.5 Å². The summed E-state index contributed by atoms with van der Waals surface area (Å²) in [5, 5.41) is 5.77. The fourth-order valence-corrected chi connectivity index (χ4v) is 3.20. The van der Waals surface area contributed by atoms with Crippen LogP contribution in [0.3, 0.4) is 0 Å². The van der Waals surface area contributed by atoms with Crippen LogP contribution < -0.4 is 15.4 Å². The third-order valence-electron chi connectivity index (χ3n) is 4.22. The molecule has 0 aliphatic heterocycles. The van der Waals surface area contributed by atoms with E-state index >= 15 is 0 Å². The molecule has 0 spiro atoms. The average Bonchev–Trinajstić information content (AvgIpc) is 2.76. The van der Waals surface area contributed by atoms with Crippen molar-refractivity contribution in [1.82, 2.24) is 5.32 Å². The molecular weight excluding hydrogens is 480 g/mol. The van der Waals surface area contributed by atoms with Gasteiger partial charge in [0.1, 0.15) is 11.4 Å². The standard InChI is InChI=1S/C24H20BrClN2O3/c1-2-31-19-13-11-18(12-14-19)27-24(30)22(15-16-7-9-17(25)10-8-16)28-23(29)20-5-3-4-6-21(20)26/h3-15H,2H2,1H3,(H,27,30)(H,28,29). The van der Waals surface area contributed by atoms with Gasteiger partial charge in [0, 0.05) is 10.2 Å². The Bertz CT molecular complexity index is 1100. The van der Waals surface area contributed by atoms with Crippen LogP contribution in [0.15, 0.2) is 83.0 Å². The molecule has 2 N–H and O–H groups in total. The maximum absolute atomic E-state index is 13.0. The van der Waals surface area contributed by atoms with E-state index in [-0.39, 0.29) is 11.3 Å². The van der Waals surface area contributed by atoms with Crippen molar-refractivity contribution in [2.24, 2.45) is 0 Å². The Kier molecular flexibility index (Phi) is 7.87. The number of amides is 2. The summed E-state index contributed by atoms with van der Waals surface area (Å²) >= 11 is 9.52. The largest absolute Gasteiger partial charge is 0.494 e. The third-order valence-corrected chi connectivity index (χ3v) is 5.07. The molecule has 0 heterocycles. The van der Waals surface area contributed by atoms with Gasteiger partial charge in [-0.05, 0) is 67.1 Å². The summed E-state index contributed by atoms with van der Waals surface area (Å²) in [6.45, 7) is 2.45. The molecule has 3 aromatic carbocycles. The maximum Gasteiger partial charge on any atom is 0.272 e. The van der Waals surface area contributed by atoms with Crippen LogP contribution in [0.5, 0.6) is 5.75 Å². The van der Waals surface area contributed by atoms with E-state index in [1.54, 1.807) is 54.6 Å². The Balaban J connectivity index is 1.85. The van der Waals surface area contributed by atoms with E-state index in [2.05, 4.69) is 26.6 Å². The highest BCUT2D eigenvalue weighted by molar-refractivity contribution is 9.10. The monoisotopic (exact) mass is 498 g/mol. The summed E-state index contributed by atoms with van der Waals surface area (Å²) in [6.07, 6.45) is 1.60. The zero-order chi connectivity index (χ0) is 22.2. The predicted octanol–water partition coefficient (Wildman–Crippen LogP) is 5.91. The maximum atomic E-state index is 13.0. The fourth-order valence-electron chi connectivity index (χ4n) is 2.72. The van der Waals surface area contributed by atoms with E-state index in [4.69, 9.17) is 16.3 Å². The molecule has 158 valence electrons. The van der Waals surface area contributed by atoms with Crippen LogP contribution in [-0.4, -0.2) is 18.4 Å². The molecule has 3 aromatic rings. The fraction of sp³-hybridized carbons (Fsp3) is 0.0833. The van der Waals surface area contributed by atoms with Crippen molar-refractivity contribution < 1.29 is 14.3 Å². The summed E-state index contributed by atoms with van der Waals surface area (Å²) in [7, 11) is 0. The normalized spacial score (nSPS) is 11.0. The molecule has 3 rings (SSSR count). The lowest BCUT2D eigenvalue weighted by molar-refractivity contribution is -0.113. The molecule has 0 bridgehead atoms. The van der Waals surface area contributed by atoms with Crippen molar-refractivity contribution in [2.45, 2.75) is 6.92 Å². The molecule has 0 aromatic heterocycles. The van der Waals surface area contributed by atoms with Crippen LogP contribution in [0.4, 0.5) is 5.69 Å². The molecule has 0 fully saturated rings. The van der Waals surface area contributed by atoms with Crippen molar-refractivity contribution in [1.29, 1.82) is 0 Å². The molecule has 0 radical (unpaired) electrons. The summed E-state index contributed by atoms with van der Waals surface area (Å²) in [5.74, 6) is -0.235. The summed E-state index contributed by atoms with van der Waals surface area (Å²) in [4.78, 5) is 25.7. The number of nitrogens with one attached hydrogen (secondary N) is 2. The van der Waals surface area contributed by atoms with Gasteiger partial charge in [0.05, 0.1) is 17.2 Å². The number of anilines is 1.